The van der Waals surface area contributed by atoms with Crippen molar-refractivity contribution in [2.45, 2.75) is 76.2 Å². The van der Waals surface area contributed by atoms with E-state index in [0.717, 1.165) is 17.7 Å². The minimum Gasteiger partial charge on any atom is -0.373 e. The van der Waals surface area contributed by atoms with Crippen molar-refractivity contribution in [2.24, 2.45) is 7.05 Å². The first-order valence-corrected chi connectivity index (χ1v) is 12.2. The second-order valence-corrected chi connectivity index (χ2v) is 9.99. The van der Waals surface area contributed by atoms with Gasteiger partial charge < -0.3 is 9.30 Å². The van der Waals surface area contributed by atoms with Crippen LogP contribution in [0.25, 0.3) is 5.65 Å². The second-order valence-electron chi connectivity index (χ2n) is 9.99. The predicted octanol–water partition coefficient (Wildman–Crippen LogP) is 4.33. The number of hydrogen-bond acceptors (Lipinski definition) is 5. The molecule has 0 amide bonds. The summed E-state index contributed by atoms with van der Waals surface area (Å²) in [6.07, 6.45) is 5.00. The van der Waals surface area contributed by atoms with Gasteiger partial charge in [-0.05, 0) is 51.2 Å². The van der Waals surface area contributed by atoms with Crippen molar-refractivity contribution in [3.63, 3.8) is 0 Å². The van der Waals surface area contributed by atoms with Gasteiger partial charge in [-0.15, -0.1) is 0 Å². The fourth-order valence-corrected chi connectivity index (χ4v) is 5.27. The maximum absolute atomic E-state index is 13.9. The molecule has 1 saturated heterocycles. The largest absolute Gasteiger partial charge is 0.373 e. The van der Waals surface area contributed by atoms with E-state index >= 15 is 0 Å². The van der Waals surface area contributed by atoms with Gasteiger partial charge in [0.2, 0.25) is 11.5 Å². The summed E-state index contributed by atoms with van der Waals surface area (Å²) >= 11 is 0. The summed E-state index contributed by atoms with van der Waals surface area (Å²) in [4.78, 5) is 34.7. The first kappa shape index (κ1) is 23.8. The van der Waals surface area contributed by atoms with Crippen LogP contribution in [0, 0.1) is 13.8 Å². The van der Waals surface area contributed by atoms with Crippen molar-refractivity contribution >= 4 is 5.65 Å². The molecule has 5 rings (SSSR count). The molecule has 0 spiro atoms. The molecule has 2 atom stereocenters. The zero-order valence-electron chi connectivity index (χ0n) is 20.3. The summed E-state index contributed by atoms with van der Waals surface area (Å²) in [6.45, 7) is 4.06. The van der Waals surface area contributed by atoms with Crippen LogP contribution in [0.2, 0.25) is 0 Å². The number of rotatable bonds is 3. The van der Waals surface area contributed by atoms with E-state index in [1.165, 1.54) is 10.6 Å². The van der Waals surface area contributed by atoms with Crippen molar-refractivity contribution in [1.29, 1.82) is 0 Å². The molecular formula is C26H30F2N4O3. The molecule has 0 radical (unpaired) electrons. The first-order chi connectivity index (χ1) is 16.6. The molecule has 0 bridgehead atoms. The quantitative estimate of drug-likeness (QED) is 0.553. The number of alkyl halides is 2. The van der Waals surface area contributed by atoms with Gasteiger partial charge >= 0.3 is 0 Å². The predicted molar refractivity (Wildman–Crippen MR) is 127 cm³/mol. The Morgan fingerprint density at radius 3 is 2.49 bits per heavy atom. The van der Waals surface area contributed by atoms with E-state index in [1.807, 2.05) is 0 Å². The lowest BCUT2D eigenvalue weighted by molar-refractivity contribution is -0.0384. The number of nitrogens with zero attached hydrogens (tertiary/aromatic N) is 4. The van der Waals surface area contributed by atoms with Crippen LogP contribution in [0.4, 0.5) is 8.78 Å². The third-order valence-electron chi connectivity index (χ3n) is 7.61. The molecule has 1 aliphatic heterocycles. The fourth-order valence-electron chi connectivity index (χ4n) is 5.27. The Labute approximate surface area is 201 Å². The number of hydrogen-bond donors (Lipinski definition) is 0. The monoisotopic (exact) mass is 484 g/mol. The Hall–Kier alpha value is -2.94. The smallest absolute Gasteiger partial charge is 0.261 e. The normalized spacial score (nSPS) is 23.0. The summed E-state index contributed by atoms with van der Waals surface area (Å²) in [5.41, 5.74) is 3.75. The Bertz CT molecular complexity index is 1390. The van der Waals surface area contributed by atoms with Gasteiger partial charge in [0.15, 0.2) is 5.65 Å². The highest BCUT2D eigenvalue weighted by Crippen LogP contribution is 2.42. The first-order valence-electron chi connectivity index (χ1n) is 12.2. The van der Waals surface area contributed by atoms with Gasteiger partial charge in [0, 0.05) is 68.0 Å². The summed E-state index contributed by atoms with van der Waals surface area (Å²) in [6, 6.07) is 3.32. The summed E-state index contributed by atoms with van der Waals surface area (Å²) < 4.78 is 36.9. The number of pyridine rings is 1. The molecule has 35 heavy (non-hydrogen) atoms. The summed E-state index contributed by atoms with van der Waals surface area (Å²) in [5, 5.41) is 0. The van der Waals surface area contributed by atoms with E-state index < -0.39 is 5.92 Å². The van der Waals surface area contributed by atoms with Crippen LogP contribution in [0.5, 0.6) is 0 Å². The van der Waals surface area contributed by atoms with Crippen molar-refractivity contribution in [1.82, 2.24) is 18.9 Å². The summed E-state index contributed by atoms with van der Waals surface area (Å²) in [7, 11) is 1.71. The van der Waals surface area contributed by atoms with Gasteiger partial charge in [-0.25, -0.2) is 13.8 Å². The van der Waals surface area contributed by atoms with Crippen molar-refractivity contribution in [3.8, 4) is 0 Å². The van der Waals surface area contributed by atoms with Crippen LogP contribution >= 0.6 is 0 Å². The number of ether oxygens (including phenoxy) is 1. The maximum Gasteiger partial charge on any atom is 0.261 e. The lowest BCUT2D eigenvalue weighted by Gasteiger charge is -2.31. The molecule has 7 nitrogen and oxygen atoms in total. The Balaban J connectivity index is 1.56. The molecule has 2 fully saturated rings. The average molecular weight is 485 g/mol. The fraction of sp³-hybridized carbons (Fsp3) is 0.538. The number of aryl methyl sites for hydroxylation is 2. The van der Waals surface area contributed by atoms with E-state index in [1.54, 1.807) is 43.8 Å². The highest BCUT2D eigenvalue weighted by molar-refractivity contribution is 5.48. The van der Waals surface area contributed by atoms with Gasteiger partial charge in [-0.1, -0.05) is 0 Å². The zero-order chi connectivity index (χ0) is 24.9. The second kappa shape index (κ2) is 8.93. The van der Waals surface area contributed by atoms with Crippen LogP contribution in [-0.2, 0) is 11.8 Å². The third kappa shape index (κ3) is 4.53. The highest BCUT2D eigenvalue weighted by atomic mass is 19.3. The van der Waals surface area contributed by atoms with Gasteiger partial charge in [0.05, 0.1) is 17.5 Å². The van der Waals surface area contributed by atoms with E-state index in [4.69, 9.17) is 9.72 Å². The van der Waals surface area contributed by atoms with Crippen LogP contribution in [0.3, 0.4) is 0 Å². The number of aromatic nitrogens is 4. The van der Waals surface area contributed by atoms with Crippen LogP contribution in [-0.4, -0.2) is 31.5 Å². The minimum atomic E-state index is -2.65. The lowest BCUT2D eigenvalue weighted by Crippen LogP contribution is -2.28. The Morgan fingerprint density at radius 2 is 1.77 bits per heavy atom. The zero-order valence-corrected chi connectivity index (χ0v) is 20.3. The molecule has 0 aromatic carbocycles. The Morgan fingerprint density at radius 1 is 1.03 bits per heavy atom. The molecule has 4 heterocycles. The van der Waals surface area contributed by atoms with Crippen LogP contribution in [0.15, 0.2) is 34.1 Å². The molecule has 9 heteroatoms. The molecule has 1 saturated carbocycles. The molecule has 186 valence electrons. The van der Waals surface area contributed by atoms with E-state index in [-0.39, 0.29) is 41.9 Å². The van der Waals surface area contributed by atoms with Crippen molar-refractivity contribution < 1.29 is 13.5 Å². The third-order valence-corrected chi connectivity index (χ3v) is 7.61. The molecule has 1 aliphatic carbocycles. The van der Waals surface area contributed by atoms with Crippen LogP contribution < -0.4 is 11.1 Å². The molecule has 3 aromatic heterocycles. The van der Waals surface area contributed by atoms with E-state index in [0.29, 0.717) is 48.5 Å². The minimum absolute atomic E-state index is 0.0210. The SMILES string of the molecule is Cc1nc2c(C3CCC(F)(F)CC3)nc(C3CCOC(c4ccc(=O)n(C)c4)C3)cn2c(=O)c1C. The number of halogens is 2. The van der Waals surface area contributed by atoms with Gasteiger partial charge in [-0.2, -0.15) is 0 Å². The van der Waals surface area contributed by atoms with E-state index in [2.05, 4.69) is 4.98 Å². The molecule has 2 unspecified atom stereocenters. The number of fused-ring (bicyclic) bond motifs is 1. The molecule has 0 N–H and O–H groups in total. The standard InChI is InChI=1S/C26H30F2N4O3/c1-15-16(2)29-24-23(17-6-9-26(27,28)10-7-17)30-20(14-32(24)25(15)34)18-8-11-35-21(12-18)19-4-5-22(33)31(3)13-19/h4-5,13-14,17-18,21H,6-12H2,1-3H3. The molecular weight excluding hydrogens is 454 g/mol. The average Bonchev–Trinajstić information content (AvgIpc) is 2.84. The van der Waals surface area contributed by atoms with Gasteiger partial charge in [0.1, 0.15) is 0 Å². The Kier molecular flexibility index (Phi) is 6.07. The summed E-state index contributed by atoms with van der Waals surface area (Å²) in [5.74, 6) is -2.80. The highest BCUT2D eigenvalue weighted by Gasteiger charge is 2.37. The van der Waals surface area contributed by atoms with Gasteiger partial charge in [-0.3, -0.25) is 19.0 Å². The van der Waals surface area contributed by atoms with Gasteiger partial charge in [0.25, 0.3) is 5.56 Å². The maximum atomic E-state index is 13.9. The molecule has 3 aromatic rings. The van der Waals surface area contributed by atoms with Crippen molar-refractivity contribution in [3.05, 3.63) is 73.4 Å². The lowest BCUT2D eigenvalue weighted by atomic mass is 9.84. The van der Waals surface area contributed by atoms with E-state index in [9.17, 15) is 18.4 Å². The van der Waals surface area contributed by atoms with Crippen molar-refractivity contribution in [2.75, 3.05) is 6.61 Å². The van der Waals surface area contributed by atoms with Crippen LogP contribution in [0.1, 0.15) is 84.7 Å². The molecule has 2 aliphatic rings. The topological polar surface area (TPSA) is 78.5 Å².